The second kappa shape index (κ2) is 7.89. The molecule has 1 aliphatic rings. The Morgan fingerprint density at radius 1 is 1.47 bits per heavy atom. The van der Waals surface area contributed by atoms with Gasteiger partial charge >= 0.3 is 0 Å². The van der Waals surface area contributed by atoms with Crippen LogP contribution in [-0.4, -0.2) is 26.3 Å². The molecule has 1 N–H and O–H groups in total. The van der Waals surface area contributed by atoms with Gasteiger partial charge in [-0.05, 0) is 38.6 Å². The van der Waals surface area contributed by atoms with Gasteiger partial charge in [0.05, 0.1) is 6.61 Å². The molecule has 15 heavy (non-hydrogen) atoms. The van der Waals surface area contributed by atoms with Gasteiger partial charge < -0.3 is 10.1 Å². The third-order valence-corrected chi connectivity index (χ3v) is 3.33. The maximum absolute atomic E-state index is 5.43. The number of nitrogens with one attached hydrogen (secondary N) is 1. The first-order valence-corrected chi connectivity index (χ1v) is 6.24. The molecule has 2 heteroatoms. The molecule has 1 fully saturated rings. The van der Waals surface area contributed by atoms with Crippen molar-refractivity contribution in [3.05, 3.63) is 12.7 Å². The number of rotatable bonds is 8. The topological polar surface area (TPSA) is 21.3 Å². The van der Waals surface area contributed by atoms with E-state index >= 15 is 0 Å². The fourth-order valence-electron chi connectivity index (χ4n) is 2.32. The van der Waals surface area contributed by atoms with Crippen molar-refractivity contribution in [1.29, 1.82) is 0 Å². The van der Waals surface area contributed by atoms with Crippen molar-refractivity contribution in [2.45, 2.75) is 44.6 Å². The minimum Gasteiger partial charge on any atom is -0.381 e. The summed E-state index contributed by atoms with van der Waals surface area (Å²) >= 11 is 0. The fraction of sp³-hybridized carbons (Fsp3) is 0.846. The lowest BCUT2D eigenvalue weighted by atomic mass is 9.94. The summed E-state index contributed by atoms with van der Waals surface area (Å²) in [7, 11) is 2.08. The summed E-state index contributed by atoms with van der Waals surface area (Å²) in [4.78, 5) is 0. The van der Waals surface area contributed by atoms with Gasteiger partial charge in [-0.1, -0.05) is 18.9 Å². The van der Waals surface area contributed by atoms with E-state index in [-0.39, 0.29) is 0 Å². The van der Waals surface area contributed by atoms with Crippen molar-refractivity contribution in [1.82, 2.24) is 5.32 Å². The third kappa shape index (κ3) is 4.80. The Morgan fingerprint density at radius 3 is 2.93 bits per heavy atom. The highest BCUT2D eigenvalue weighted by Gasteiger charge is 2.23. The van der Waals surface area contributed by atoms with Crippen molar-refractivity contribution < 1.29 is 4.74 Å². The van der Waals surface area contributed by atoms with Gasteiger partial charge in [-0.15, -0.1) is 6.58 Å². The van der Waals surface area contributed by atoms with Gasteiger partial charge in [0.15, 0.2) is 0 Å². The second-order valence-electron chi connectivity index (χ2n) is 4.45. The van der Waals surface area contributed by atoms with Gasteiger partial charge in [0.1, 0.15) is 0 Å². The van der Waals surface area contributed by atoms with E-state index in [1.807, 2.05) is 6.08 Å². The maximum Gasteiger partial charge on any atom is 0.0509 e. The van der Waals surface area contributed by atoms with Crippen LogP contribution in [0.5, 0.6) is 0 Å². The predicted octanol–water partition coefficient (Wildman–Crippen LogP) is 2.75. The molecule has 0 aliphatic carbocycles. The van der Waals surface area contributed by atoms with Crippen LogP contribution in [0.2, 0.25) is 0 Å². The van der Waals surface area contributed by atoms with Crippen LogP contribution in [0.15, 0.2) is 12.7 Å². The number of unbranched alkanes of at least 4 members (excludes halogenated alkanes) is 3. The zero-order valence-corrected chi connectivity index (χ0v) is 10.0. The molecule has 2 unspecified atom stereocenters. The van der Waals surface area contributed by atoms with Crippen molar-refractivity contribution in [3.63, 3.8) is 0 Å². The van der Waals surface area contributed by atoms with Crippen LogP contribution in [0.4, 0.5) is 0 Å². The highest BCUT2D eigenvalue weighted by molar-refractivity contribution is 4.78. The van der Waals surface area contributed by atoms with Gasteiger partial charge in [-0.3, -0.25) is 0 Å². The molecule has 2 atom stereocenters. The molecule has 0 amide bonds. The van der Waals surface area contributed by atoms with E-state index in [0.717, 1.165) is 25.6 Å². The summed E-state index contributed by atoms with van der Waals surface area (Å²) in [5.74, 6) is 0.745. The van der Waals surface area contributed by atoms with Crippen molar-refractivity contribution in [2.24, 2.45) is 5.92 Å². The van der Waals surface area contributed by atoms with Gasteiger partial charge in [0.25, 0.3) is 0 Å². The number of hydrogen-bond acceptors (Lipinski definition) is 2. The molecule has 1 saturated heterocycles. The molecule has 1 aliphatic heterocycles. The highest BCUT2D eigenvalue weighted by Crippen LogP contribution is 2.20. The van der Waals surface area contributed by atoms with Crippen LogP contribution in [0, 0.1) is 5.92 Å². The maximum atomic E-state index is 5.43. The monoisotopic (exact) mass is 211 g/mol. The van der Waals surface area contributed by atoms with Gasteiger partial charge in [0, 0.05) is 12.6 Å². The molecule has 0 bridgehead atoms. The van der Waals surface area contributed by atoms with Crippen molar-refractivity contribution in [2.75, 3.05) is 20.3 Å². The largest absolute Gasteiger partial charge is 0.381 e. The zero-order valence-electron chi connectivity index (χ0n) is 10.0. The smallest absolute Gasteiger partial charge is 0.0509 e. The molecule has 0 aromatic heterocycles. The van der Waals surface area contributed by atoms with Crippen LogP contribution in [-0.2, 0) is 4.74 Å². The molecule has 1 heterocycles. The summed E-state index contributed by atoms with van der Waals surface area (Å²) in [5, 5.41) is 3.43. The molecule has 0 aromatic carbocycles. The Hall–Kier alpha value is -0.340. The first kappa shape index (κ1) is 12.7. The predicted molar refractivity (Wildman–Crippen MR) is 65.1 cm³/mol. The van der Waals surface area contributed by atoms with E-state index in [1.54, 1.807) is 0 Å². The molecule has 0 aromatic rings. The van der Waals surface area contributed by atoms with E-state index in [1.165, 1.54) is 32.1 Å². The average Bonchev–Trinajstić information content (AvgIpc) is 2.77. The number of ether oxygens (including phenoxy) is 1. The molecular formula is C13H25NO. The Labute approximate surface area is 94.1 Å². The van der Waals surface area contributed by atoms with Crippen LogP contribution >= 0.6 is 0 Å². The standard InChI is InChI=1S/C13H25NO/c1-3-4-5-6-7-8-13(14-2)12-9-10-15-11-12/h3,12-14H,1,4-11H2,2H3. The lowest BCUT2D eigenvalue weighted by molar-refractivity contribution is 0.176. The summed E-state index contributed by atoms with van der Waals surface area (Å²) in [6, 6.07) is 0.663. The molecule has 0 radical (unpaired) electrons. The Bertz CT molecular complexity index is 164. The van der Waals surface area contributed by atoms with Crippen molar-refractivity contribution in [3.8, 4) is 0 Å². The van der Waals surface area contributed by atoms with E-state index in [0.29, 0.717) is 6.04 Å². The average molecular weight is 211 g/mol. The van der Waals surface area contributed by atoms with Crippen LogP contribution in [0.3, 0.4) is 0 Å². The van der Waals surface area contributed by atoms with E-state index in [9.17, 15) is 0 Å². The quantitative estimate of drug-likeness (QED) is 0.492. The molecule has 2 nitrogen and oxygen atoms in total. The van der Waals surface area contributed by atoms with E-state index < -0.39 is 0 Å². The van der Waals surface area contributed by atoms with E-state index in [2.05, 4.69) is 18.9 Å². The normalized spacial score (nSPS) is 22.9. The summed E-state index contributed by atoms with van der Waals surface area (Å²) in [6.07, 6.45) is 9.66. The van der Waals surface area contributed by atoms with Gasteiger partial charge in [0.2, 0.25) is 0 Å². The second-order valence-corrected chi connectivity index (χ2v) is 4.45. The molecule has 0 saturated carbocycles. The summed E-state index contributed by atoms with van der Waals surface area (Å²) in [6.45, 7) is 5.66. The number of allylic oxidation sites excluding steroid dienone is 1. The molecule has 1 rings (SSSR count). The lowest BCUT2D eigenvalue weighted by Gasteiger charge is -2.21. The van der Waals surface area contributed by atoms with Gasteiger partial charge in [-0.25, -0.2) is 0 Å². The molecule has 88 valence electrons. The number of hydrogen-bond donors (Lipinski definition) is 1. The lowest BCUT2D eigenvalue weighted by Crippen LogP contribution is -2.33. The van der Waals surface area contributed by atoms with Crippen molar-refractivity contribution >= 4 is 0 Å². The van der Waals surface area contributed by atoms with Crippen LogP contribution < -0.4 is 5.32 Å². The molecule has 0 spiro atoms. The third-order valence-electron chi connectivity index (χ3n) is 3.33. The molecular weight excluding hydrogens is 186 g/mol. The first-order chi connectivity index (χ1) is 7.38. The Kier molecular flexibility index (Phi) is 6.69. The minimum atomic E-state index is 0.663. The van der Waals surface area contributed by atoms with Crippen LogP contribution in [0.1, 0.15) is 38.5 Å². The zero-order chi connectivity index (χ0) is 10.9. The van der Waals surface area contributed by atoms with E-state index in [4.69, 9.17) is 4.74 Å². The highest BCUT2D eigenvalue weighted by atomic mass is 16.5. The minimum absolute atomic E-state index is 0.663. The van der Waals surface area contributed by atoms with Gasteiger partial charge in [-0.2, -0.15) is 0 Å². The fourth-order valence-corrected chi connectivity index (χ4v) is 2.32. The Morgan fingerprint density at radius 2 is 2.33 bits per heavy atom. The SMILES string of the molecule is C=CCCCCCC(NC)C1CCOC1. The summed E-state index contributed by atoms with van der Waals surface area (Å²) < 4.78 is 5.43. The first-order valence-electron chi connectivity index (χ1n) is 6.24. The Balaban J connectivity index is 2.07. The summed E-state index contributed by atoms with van der Waals surface area (Å²) in [5.41, 5.74) is 0. The van der Waals surface area contributed by atoms with Crippen LogP contribution in [0.25, 0.3) is 0 Å².